The Bertz CT molecular complexity index is 362. The van der Waals surface area contributed by atoms with Crippen LogP contribution in [0.15, 0.2) is 15.9 Å². The molecular weight excluding hydrogens is 272 g/mol. The SMILES string of the molecule is OC(c1sccc1Br)C1CC2CCC1C2. The Labute approximate surface area is 103 Å². The molecule has 4 atom stereocenters. The Kier molecular flexibility index (Phi) is 2.65. The van der Waals surface area contributed by atoms with Gasteiger partial charge in [-0.3, -0.25) is 0 Å². The van der Waals surface area contributed by atoms with E-state index in [0.29, 0.717) is 5.92 Å². The molecule has 1 nitrogen and oxygen atoms in total. The Morgan fingerprint density at radius 2 is 2.27 bits per heavy atom. The van der Waals surface area contributed by atoms with Gasteiger partial charge < -0.3 is 5.11 Å². The second-order valence-electron chi connectivity index (χ2n) is 4.92. The average Bonchev–Trinajstić information content (AvgIpc) is 2.91. The lowest BCUT2D eigenvalue weighted by Gasteiger charge is -2.26. The van der Waals surface area contributed by atoms with Gasteiger partial charge >= 0.3 is 0 Å². The largest absolute Gasteiger partial charge is 0.387 e. The summed E-state index contributed by atoms with van der Waals surface area (Å²) in [5, 5.41) is 12.4. The van der Waals surface area contributed by atoms with Crippen molar-refractivity contribution >= 4 is 27.3 Å². The predicted octanol–water partition coefficient (Wildman–Crippen LogP) is 3.98. The molecule has 2 saturated carbocycles. The minimum atomic E-state index is -0.227. The minimum Gasteiger partial charge on any atom is -0.387 e. The normalized spacial score (nSPS) is 36.0. The van der Waals surface area contributed by atoms with E-state index in [4.69, 9.17) is 0 Å². The van der Waals surface area contributed by atoms with Crippen LogP contribution in [-0.4, -0.2) is 5.11 Å². The van der Waals surface area contributed by atoms with Gasteiger partial charge in [-0.25, -0.2) is 0 Å². The fourth-order valence-corrected chi connectivity index (χ4v) is 5.06. The smallest absolute Gasteiger partial charge is 0.0924 e. The molecule has 0 saturated heterocycles. The summed E-state index contributed by atoms with van der Waals surface area (Å²) >= 11 is 5.19. The van der Waals surface area contributed by atoms with Gasteiger partial charge in [0, 0.05) is 9.35 Å². The highest BCUT2D eigenvalue weighted by Gasteiger charge is 2.43. The summed E-state index contributed by atoms with van der Waals surface area (Å²) in [6.45, 7) is 0. The zero-order chi connectivity index (χ0) is 10.4. The van der Waals surface area contributed by atoms with E-state index in [2.05, 4.69) is 21.3 Å². The van der Waals surface area contributed by atoms with Crippen LogP contribution in [0.25, 0.3) is 0 Å². The van der Waals surface area contributed by atoms with Gasteiger partial charge in [-0.05, 0) is 64.4 Å². The van der Waals surface area contributed by atoms with E-state index in [1.807, 2.05) is 6.07 Å². The summed E-state index contributed by atoms with van der Waals surface area (Å²) in [4.78, 5) is 1.13. The molecule has 0 radical (unpaired) electrons. The third-order valence-corrected chi connectivity index (χ3v) is 6.05. The molecular formula is C12H15BrOS. The van der Waals surface area contributed by atoms with Crippen LogP contribution in [0.2, 0.25) is 0 Å². The van der Waals surface area contributed by atoms with Crippen molar-refractivity contribution in [1.29, 1.82) is 0 Å². The quantitative estimate of drug-likeness (QED) is 0.872. The number of hydrogen-bond acceptors (Lipinski definition) is 2. The van der Waals surface area contributed by atoms with Crippen LogP contribution in [0.5, 0.6) is 0 Å². The van der Waals surface area contributed by atoms with Crippen molar-refractivity contribution in [2.24, 2.45) is 17.8 Å². The third kappa shape index (κ3) is 1.69. The van der Waals surface area contributed by atoms with Crippen molar-refractivity contribution < 1.29 is 5.11 Å². The molecule has 2 bridgehead atoms. The standard InChI is InChI=1S/C12H15BrOS/c13-10-3-4-15-12(10)11(14)9-6-7-1-2-8(9)5-7/h3-4,7-9,11,14H,1-2,5-6H2. The molecule has 2 aliphatic carbocycles. The highest BCUT2D eigenvalue weighted by molar-refractivity contribution is 9.10. The zero-order valence-electron chi connectivity index (χ0n) is 8.53. The van der Waals surface area contributed by atoms with E-state index in [1.54, 1.807) is 11.3 Å². The highest BCUT2D eigenvalue weighted by Crippen LogP contribution is 2.53. The van der Waals surface area contributed by atoms with E-state index in [0.717, 1.165) is 21.2 Å². The molecule has 3 heteroatoms. The first-order valence-corrected chi connectivity index (χ1v) is 7.34. The lowest BCUT2D eigenvalue weighted by atomic mass is 9.84. The van der Waals surface area contributed by atoms with Gasteiger partial charge in [-0.2, -0.15) is 0 Å². The van der Waals surface area contributed by atoms with Crippen molar-refractivity contribution in [1.82, 2.24) is 0 Å². The lowest BCUT2D eigenvalue weighted by Crippen LogP contribution is -2.18. The molecule has 4 unspecified atom stereocenters. The van der Waals surface area contributed by atoms with E-state index in [9.17, 15) is 5.11 Å². The second kappa shape index (κ2) is 3.86. The molecule has 1 aromatic rings. The third-order valence-electron chi connectivity index (χ3n) is 4.11. The van der Waals surface area contributed by atoms with E-state index >= 15 is 0 Å². The molecule has 1 heterocycles. The van der Waals surface area contributed by atoms with Gasteiger partial charge in [-0.15, -0.1) is 11.3 Å². The number of aliphatic hydroxyl groups is 1. The van der Waals surface area contributed by atoms with Crippen molar-refractivity contribution in [3.8, 4) is 0 Å². The maximum absolute atomic E-state index is 10.4. The first-order chi connectivity index (χ1) is 7.25. The summed E-state index contributed by atoms with van der Waals surface area (Å²) in [6.07, 6.45) is 5.13. The number of halogens is 1. The van der Waals surface area contributed by atoms with Gasteiger partial charge in [0.1, 0.15) is 0 Å². The van der Waals surface area contributed by atoms with Crippen molar-refractivity contribution in [2.75, 3.05) is 0 Å². The average molecular weight is 287 g/mol. The van der Waals surface area contributed by atoms with Crippen LogP contribution >= 0.6 is 27.3 Å². The first-order valence-electron chi connectivity index (χ1n) is 5.66. The Morgan fingerprint density at radius 3 is 2.80 bits per heavy atom. The number of hydrogen-bond donors (Lipinski definition) is 1. The highest BCUT2D eigenvalue weighted by atomic mass is 79.9. The number of fused-ring (bicyclic) bond motifs is 2. The van der Waals surface area contributed by atoms with Crippen LogP contribution in [0, 0.1) is 17.8 Å². The van der Waals surface area contributed by atoms with Crippen LogP contribution in [0.4, 0.5) is 0 Å². The summed E-state index contributed by atoms with van der Waals surface area (Å²) in [5.74, 6) is 2.23. The van der Waals surface area contributed by atoms with Crippen LogP contribution < -0.4 is 0 Å². The lowest BCUT2D eigenvalue weighted by molar-refractivity contribution is 0.0769. The fraction of sp³-hybridized carbons (Fsp3) is 0.667. The van der Waals surface area contributed by atoms with Crippen LogP contribution in [-0.2, 0) is 0 Å². The summed E-state index contributed by atoms with van der Waals surface area (Å²) in [7, 11) is 0. The monoisotopic (exact) mass is 286 g/mol. The molecule has 1 N–H and O–H groups in total. The first kappa shape index (κ1) is 10.3. The summed E-state index contributed by atoms with van der Waals surface area (Å²) in [5.41, 5.74) is 0. The number of thiophene rings is 1. The van der Waals surface area contributed by atoms with Crippen molar-refractivity contribution in [2.45, 2.75) is 31.8 Å². The van der Waals surface area contributed by atoms with Gasteiger partial charge in [-0.1, -0.05) is 6.42 Å². The van der Waals surface area contributed by atoms with Gasteiger partial charge in [0.2, 0.25) is 0 Å². The summed E-state index contributed by atoms with van der Waals surface area (Å²) in [6, 6.07) is 2.04. The molecule has 0 spiro atoms. The molecule has 0 aliphatic heterocycles. The molecule has 0 amide bonds. The topological polar surface area (TPSA) is 20.2 Å². The summed E-state index contributed by atoms with van der Waals surface area (Å²) < 4.78 is 1.09. The molecule has 2 aliphatic rings. The number of rotatable bonds is 2. The predicted molar refractivity (Wildman–Crippen MR) is 65.9 cm³/mol. The van der Waals surface area contributed by atoms with E-state index in [-0.39, 0.29) is 6.10 Å². The van der Waals surface area contributed by atoms with Gasteiger partial charge in [0.25, 0.3) is 0 Å². The maximum Gasteiger partial charge on any atom is 0.0924 e. The zero-order valence-corrected chi connectivity index (χ0v) is 10.9. The van der Waals surface area contributed by atoms with Crippen molar-refractivity contribution in [3.05, 3.63) is 20.8 Å². The van der Waals surface area contributed by atoms with Gasteiger partial charge in [0.05, 0.1) is 6.10 Å². The maximum atomic E-state index is 10.4. The fourth-order valence-electron chi connectivity index (χ4n) is 3.39. The van der Waals surface area contributed by atoms with Crippen LogP contribution in [0.1, 0.15) is 36.7 Å². The number of aliphatic hydroxyl groups excluding tert-OH is 1. The molecule has 82 valence electrons. The van der Waals surface area contributed by atoms with E-state index in [1.165, 1.54) is 25.7 Å². The Hall–Kier alpha value is 0.140. The van der Waals surface area contributed by atoms with Crippen molar-refractivity contribution in [3.63, 3.8) is 0 Å². The van der Waals surface area contributed by atoms with Gasteiger partial charge in [0.15, 0.2) is 0 Å². The van der Waals surface area contributed by atoms with Crippen LogP contribution in [0.3, 0.4) is 0 Å². The minimum absolute atomic E-state index is 0.227. The molecule has 2 fully saturated rings. The second-order valence-corrected chi connectivity index (χ2v) is 6.72. The molecule has 3 rings (SSSR count). The Balaban J connectivity index is 1.81. The van der Waals surface area contributed by atoms with E-state index < -0.39 is 0 Å². The Morgan fingerprint density at radius 1 is 1.40 bits per heavy atom. The molecule has 15 heavy (non-hydrogen) atoms. The molecule has 1 aromatic heterocycles. The molecule has 0 aromatic carbocycles.